The first-order valence-electron chi connectivity index (χ1n) is 10.7. The third-order valence-corrected chi connectivity index (χ3v) is 6.04. The van der Waals surface area contributed by atoms with Crippen LogP contribution in [0.5, 0.6) is 0 Å². The average molecular weight is 448 g/mol. The summed E-state index contributed by atoms with van der Waals surface area (Å²) < 4.78 is 7.52. The van der Waals surface area contributed by atoms with E-state index >= 15 is 0 Å². The van der Waals surface area contributed by atoms with Crippen LogP contribution >= 0.6 is 11.6 Å². The van der Waals surface area contributed by atoms with Crippen molar-refractivity contribution in [1.29, 1.82) is 0 Å². The van der Waals surface area contributed by atoms with E-state index in [9.17, 15) is 4.79 Å². The summed E-state index contributed by atoms with van der Waals surface area (Å²) in [5.74, 6) is 1.97. The smallest absolute Gasteiger partial charge is 0.261 e. The van der Waals surface area contributed by atoms with E-state index in [4.69, 9.17) is 16.1 Å². The van der Waals surface area contributed by atoms with E-state index < -0.39 is 0 Å². The number of rotatable bonds is 4. The summed E-state index contributed by atoms with van der Waals surface area (Å²) in [6.45, 7) is 2.62. The molecule has 32 heavy (non-hydrogen) atoms. The minimum absolute atomic E-state index is 0.309. The van der Waals surface area contributed by atoms with E-state index in [1.807, 2.05) is 42.5 Å². The van der Waals surface area contributed by atoms with Crippen molar-refractivity contribution in [3.8, 4) is 22.6 Å². The molecule has 0 unspecified atom stereocenters. The molecule has 1 aliphatic rings. The maximum absolute atomic E-state index is 13.2. The number of carbonyl (C=O) groups is 1. The first-order valence-corrected chi connectivity index (χ1v) is 11.0. The number of amides is 1. The Kier molecular flexibility index (Phi) is 5.49. The summed E-state index contributed by atoms with van der Waals surface area (Å²) in [4.78, 5) is 13.2. The van der Waals surface area contributed by atoms with E-state index in [-0.39, 0.29) is 5.91 Å². The van der Waals surface area contributed by atoms with E-state index in [2.05, 4.69) is 25.2 Å². The van der Waals surface area contributed by atoms with Gasteiger partial charge in [-0.3, -0.25) is 4.79 Å². The first-order chi connectivity index (χ1) is 15.6. The fourth-order valence-corrected chi connectivity index (χ4v) is 4.33. The molecule has 5 rings (SSSR count). The molecule has 0 saturated carbocycles. The molecular formula is C24H22ClN5O2. The zero-order chi connectivity index (χ0) is 22.1. The van der Waals surface area contributed by atoms with Crippen LogP contribution in [0.1, 0.15) is 41.2 Å². The molecule has 1 amide bonds. The van der Waals surface area contributed by atoms with Gasteiger partial charge in [-0.15, -0.1) is 10.2 Å². The quantitative estimate of drug-likeness (QED) is 0.443. The van der Waals surface area contributed by atoms with E-state index in [0.29, 0.717) is 33.3 Å². The molecule has 0 saturated heterocycles. The van der Waals surface area contributed by atoms with Crippen LogP contribution < -0.4 is 5.32 Å². The molecular weight excluding hydrogens is 426 g/mol. The van der Waals surface area contributed by atoms with Gasteiger partial charge in [-0.2, -0.15) is 0 Å². The average Bonchev–Trinajstić information content (AvgIpc) is 3.29. The summed E-state index contributed by atoms with van der Waals surface area (Å²) >= 11 is 6.32. The Bertz CT molecular complexity index is 1290. The molecule has 0 aliphatic carbocycles. The van der Waals surface area contributed by atoms with Crippen molar-refractivity contribution in [3.63, 3.8) is 0 Å². The minimum atomic E-state index is -0.309. The fraction of sp³-hybridized carbons (Fsp3) is 0.250. The van der Waals surface area contributed by atoms with Gasteiger partial charge in [-0.1, -0.05) is 53.5 Å². The van der Waals surface area contributed by atoms with E-state index in [1.165, 1.54) is 6.42 Å². The minimum Gasteiger partial charge on any atom is -0.360 e. The highest BCUT2D eigenvalue weighted by Crippen LogP contribution is 2.32. The Morgan fingerprint density at radius 3 is 2.84 bits per heavy atom. The summed E-state index contributed by atoms with van der Waals surface area (Å²) in [6, 6.07) is 14.9. The molecule has 162 valence electrons. The number of anilines is 1. The zero-order valence-electron chi connectivity index (χ0n) is 17.6. The summed E-state index contributed by atoms with van der Waals surface area (Å²) in [6.07, 6.45) is 4.40. The van der Waals surface area contributed by atoms with Crippen molar-refractivity contribution in [2.45, 2.75) is 39.2 Å². The van der Waals surface area contributed by atoms with Crippen LogP contribution in [0, 0.1) is 6.92 Å². The molecule has 1 aliphatic heterocycles. The topological polar surface area (TPSA) is 85.8 Å². The van der Waals surface area contributed by atoms with Crippen molar-refractivity contribution in [1.82, 2.24) is 19.9 Å². The highest BCUT2D eigenvalue weighted by molar-refractivity contribution is 6.33. The van der Waals surface area contributed by atoms with Crippen LogP contribution in [0.2, 0.25) is 5.02 Å². The van der Waals surface area contributed by atoms with Gasteiger partial charge in [-0.25, -0.2) is 0 Å². The molecule has 0 radical (unpaired) electrons. The highest BCUT2D eigenvalue weighted by atomic mass is 35.5. The van der Waals surface area contributed by atoms with Gasteiger partial charge in [0.2, 0.25) is 0 Å². The number of halogens is 1. The van der Waals surface area contributed by atoms with Crippen molar-refractivity contribution < 1.29 is 9.32 Å². The maximum Gasteiger partial charge on any atom is 0.261 e. The lowest BCUT2D eigenvalue weighted by Crippen LogP contribution is -2.13. The number of nitrogens with zero attached hydrogens (tertiary/aromatic N) is 4. The fourth-order valence-electron chi connectivity index (χ4n) is 4.10. The summed E-state index contributed by atoms with van der Waals surface area (Å²) in [5.41, 5.74) is 3.00. The predicted octanol–water partition coefficient (Wildman–Crippen LogP) is 5.54. The summed E-state index contributed by atoms with van der Waals surface area (Å²) in [5, 5.41) is 16.4. The van der Waals surface area contributed by atoms with Gasteiger partial charge < -0.3 is 14.4 Å². The van der Waals surface area contributed by atoms with Crippen LogP contribution in [0.4, 0.5) is 5.69 Å². The third-order valence-electron chi connectivity index (χ3n) is 5.71. The van der Waals surface area contributed by atoms with E-state index in [1.54, 1.807) is 13.0 Å². The second-order valence-corrected chi connectivity index (χ2v) is 8.29. The molecule has 0 bridgehead atoms. The number of hydrogen-bond donors (Lipinski definition) is 1. The second kappa shape index (κ2) is 8.59. The number of benzene rings is 2. The maximum atomic E-state index is 13.2. The van der Waals surface area contributed by atoms with Gasteiger partial charge in [0.15, 0.2) is 5.82 Å². The summed E-state index contributed by atoms with van der Waals surface area (Å²) in [7, 11) is 0. The highest BCUT2D eigenvalue weighted by Gasteiger charge is 2.23. The predicted molar refractivity (Wildman–Crippen MR) is 123 cm³/mol. The SMILES string of the molecule is Cc1onc(-c2ccccc2Cl)c1C(=O)Nc1cccc(-c2nnc3n2CCCCC3)c1. The van der Waals surface area contributed by atoms with Gasteiger partial charge in [-0.05, 0) is 38.0 Å². The van der Waals surface area contributed by atoms with Crippen LogP contribution in [-0.4, -0.2) is 25.8 Å². The molecule has 4 aromatic rings. The van der Waals surface area contributed by atoms with Crippen molar-refractivity contribution >= 4 is 23.2 Å². The Balaban J connectivity index is 1.45. The van der Waals surface area contributed by atoms with Crippen LogP contribution in [0.25, 0.3) is 22.6 Å². The van der Waals surface area contributed by atoms with Crippen LogP contribution in [0.3, 0.4) is 0 Å². The Hall–Kier alpha value is -3.45. The molecule has 1 N–H and O–H groups in total. The molecule has 8 heteroatoms. The molecule has 2 aromatic carbocycles. The molecule has 0 spiro atoms. The van der Waals surface area contributed by atoms with Gasteiger partial charge in [0.25, 0.3) is 5.91 Å². The number of fused-ring (bicyclic) bond motifs is 1. The Morgan fingerprint density at radius 2 is 1.97 bits per heavy atom. The van der Waals surface area contributed by atoms with Gasteiger partial charge in [0, 0.05) is 29.8 Å². The third kappa shape index (κ3) is 3.80. The zero-order valence-corrected chi connectivity index (χ0v) is 18.4. The molecule has 0 fully saturated rings. The van der Waals surface area contributed by atoms with Crippen LogP contribution in [0.15, 0.2) is 53.1 Å². The number of carbonyl (C=O) groups excluding carboxylic acids is 1. The van der Waals surface area contributed by atoms with Crippen molar-refractivity contribution in [3.05, 3.63) is 70.7 Å². The Morgan fingerprint density at radius 1 is 1.09 bits per heavy atom. The molecule has 3 heterocycles. The van der Waals surface area contributed by atoms with E-state index in [0.717, 1.165) is 43.0 Å². The number of hydrogen-bond acceptors (Lipinski definition) is 5. The van der Waals surface area contributed by atoms with Crippen molar-refractivity contribution in [2.75, 3.05) is 5.32 Å². The first kappa shape index (κ1) is 20.5. The Labute approximate surface area is 190 Å². The van der Waals surface area contributed by atoms with Crippen molar-refractivity contribution in [2.24, 2.45) is 0 Å². The lowest BCUT2D eigenvalue weighted by atomic mass is 10.1. The number of nitrogens with one attached hydrogen (secondary N) is 1. The lowest BCUT2D eigenvalue weighted by molar-refractivity contribution is 0.102. The number of aromatic nitrogens is 4. The standard InChI is InChI=1S/C24H22ClN5O2/c1-15-21(22(29-32-15)18-10-4-5-11-19(18)25)24(31)26-17-9-7-8-16(14-17)23-28-27-20-12-3-2-6-13-30(20)23/h4-5,7-11,14H,2-3,6,12-13H2,1H3,(H,26,31). The number of aryl methyl sites for hydroxylation is 2. The largest absolute Gasteiger partial charge is 0.360 e. The van der Waals surface area contributed by atoms with Crippen LogP contribution in [-0.2, 0) is 13.0 Å². The molecule has 2 aromatic heterocycles. The monoisotopic (exact) mass is 447 g/mol. The molecule has 0 atom stereocenters. The second-order valence-electron chi connectivity index (χ2n) is 7.88. The molecule has 7 nitrogen and oxygen atoms in total. The normalized spacial score (nSPS) is 13.4. The van der Waals surface area contributed by atoms with Gasteiger partial charge >= 0.3 is 0 Å². The van der Waals surface area contributed by atoms with Gasteiger partial charge in [0.05, 0.1) is 5.02 Å². The van der Waals surface area contributed by atoms with Gasteiger partial charge in [0.1, 0.15) is 22.8 Å². The lowest BCUT2D eigenvalue weighted by Gasteiger charge is -2.10.